The number of halogens is 1. The predicted octanol–water partition coefficient (Wildman–Crippen LogP) is 4.06. The molecule has 25 heavy (non-hydrogen) atoms. The number of furan rings is 1. The number of oxazole rings is 1. The molecule has 2 aromatic rings. The lowest BCUT2D eigenvalue weighted by Gasteiger charge is -2.13. The number of aryl methyl sites for hydroxylation is 2. The zero-order valence-corrected chi connectivity index (χ0v) is 18.2. The van der Waals surface area contributed by atoms with Gasteiger partial charge < -0.3 is 19.5 Å². The van der Waals surface area contributed by atoms with Crippen LogP contribution >= 0.6 is 24.0 Å². The van der Waals surface area contributed by atoms with Crippen molar-refractivity contribution >= 4 is 29.9 Å². The van der Waals surface area contributed by atoms with Crippen LogP contribution in [0.3, 0.4) is 0 Å². The van der Waals surface area contributed by atoms with Gasteiger partial charge in [-0.3, -0.25) is 0 Å². The summed E-state index contributed by atoms with van der Waals surface area (Å²) in [5.74, 6) is 4.08. The maximum atomic E-state index is 5.79. The summed E-state index contributed by atoms with van der Waals surface area (Å²) in [7, 11) is 0. The number of nitrogens with zero attached hydrogens (tertiary/aromatic N) is 2. The Balaban J connectivity index is 0.00000312. The molecule has 0 saturated heterocycles. The van der Waals surface area contributed by atoms with Crippen LogP contribution in [-0.4, -0.2) is 17.5 Å². The Kier molecular flexibility index (Phi) is 7.98. The second-order valence-electron chi connectivity index (χ2n) is 6.86. The molecule has 0 amide bonds. The van der Waals surface area contributed by atoms with Crippen LogP contribution in [0.1, 0.15) is 56.4 Å². The van der Waals surface area contributed by atoms with Crippen LogP contribution in [0.25, 0.3) is 0 Å². The van der Waals surface area contributed by atoms with Gasteiger partial charge in [-0.15, -0.1) is 24.0 Å². The van der Waals surface area contributed by atoms with E-state index in [-0.39, 0.29) is 29.4 Å². The third-order valence-electron chi connectivity index (χ3n) is 3.60. The highest BCUT2D eigenvalue weighted by Crippen LogP contribution is 2.22. The highest BCUT2D eigenvalue weighted by molar-refractivity contribution is 14.0. The number of rotatable bonds is 5. The second kappa shape index (κ2) is 9.26. The van der Waals surface area contributed by atoms with Gasteiger partial charge >= 0.3 is 0 Å². The van der Waals surface area contributed by atoms with Crippen LogP contribution in [0, 0.1) is 13.8 Å². The van der Waals surface area contributed by atoms with Gasteiger partial charge in [0.05, 0.1) is 19.3 Å². The summed E-state index contributed by atoms with van der Waals surface area (Å²) in [6, 6.07) is 2.02. The first-order valence-corrected chi connectivity index (χ1v) is 8.33. The van der Waals surface area contributed by atoms with Crippen molar-refractivity contribution in [2.24, 2.45) is 4.99 Å². The number of nitrogens with one attached hydrogen (secondary N) is 2. The molecule has 7 heteroatoms. The van der Waals surface area contributed by atoms with Gasteiger partial charge in [0.15, 0.2) is 5.96 Å². The number of aliphatic imine (C=N–C) groups is 1. The normalized spacial score (nSPS) is 12.0. The summed E-state index contributed by atoms with van der Waals surface area (Å²) < 4.78 is 11.3. The van der Waals surface area contributed by atoms with E-state index >= 15 is 0 Å². The van der Waals surface area contributed by atoms with E-state index in [2.05, 4.69) is 41.4 Å². The topological polar surface area (TPSA) is 75.6 Å². The molecule has 0 aromatic carbocycles. The maximum Gasteiger partial charge on any atom is 0.213 e. The fraction of sp³-hybridized carbons (Fsp3) is 0.556. The molecular weight excluding hydrogens is 431 g/mol. The summed E-state index contributed by atoms with van der Waals surface area (Å²) in [6.45, 7) is 14.1. The van der Waals surface area contributed by atoms with Crippen molar-refractivity contribution in [2.75, 3.05) is 6.54 Å². The molecule has 2 N–H and O–H groups in total. The van der Waals surface area contributed by atoms with Gasteiger partial charge in [-0.25, -0.2) is 9.98 Å². The van der Waals surface area contributed by atoms with E-state index in [0.717, 1.165) is 35.3 Å². The Labute approximate surface area is 166 Å². The molecule has 0 aliphatic carbocycles. The average Bonchev–Trinajstić information content (AvgIpc) is 3.08. The van der Waals surface area contributed by atoms with Crippen LogP contribution in [0.15, 0.2) is 26.1 Å². The van der Waals surface area contributed by atoms with Crippen molar-refractivity contribution in [1.82, 2.24) is 15.6 Å². The second-order valence-corrected chi connectivity index (χ2v) is 6.86. The van der Waals surface area contributed by atoms with Gasteiger partial charge in [-0.05, 0) is 26.8 Å². The Morgan fingerprint density at radius 3 is 2.44 bits per heavy atom. The average molecular weight is 460 g/mol. The van der Waals surface area contributed by atoms with Gasteiger partial charge in [-0.1, -0.05) is 20.8 Å². The van der Waals surface area contributed by atoms with Crippen molar-refractivity contribution in [3.8, 4) is 0 Å². The van der Waals surface area contributed by atoms with Crippen LogP contribution in [0.5, 0.6) is 0 Å². The minimum Gasteiger partial charge on any atom is -0.466 e. The smallest absolute Gasteiger partial charge is 0.213 e. The lowest BCUT2D eigenvalue weighted by molar-refractivity contribution is 0.379. The van der Waals surface area contributed by atoms with E-state index in [1.165, 1.54) is 0 Å². The minimum atomic E-state index is -0.0412. The largest absolute Gasteiger partial charge is 0.466 e. The standard InChI is InChI=1S/C18H28N4O2.HI/c1-7-19-17(21-9-14-8-12(2)23-13(14)3)22-11-16-20-10-15(24-16)18(4,5)6;/h8,10H,7,9,11H2,1-6H3,(H2,19,21,22);1H. The zero-order valence-electron chi connectivity index (χ0n) is 15.9. The third-order valence-corrected chi connectivity index (χ3v) is 3.60. The molecule has 2 aromatic heterocycles. The summed E-state index contributed by atoms with van der Waals surface area (Å²) >= 11 is 0. The molecular formula is C18H29IN4O2. The van der Waals surface area contributed by atoms with Crippen molar-refractivity contribution < 1.29 is 8.83 Å². The fourth-order valence-corrected chi connectivity index (χ4v) is 2.24. The number of guanidine groups is 1. The first kappa shape index (κ1) is 21.5. The molecule has 2 heterocycles. The van der Waals surface area contributed by atoms with Gasteiger partial charge in [0, 0.05) is 17.5 Å². The summed E-state index contributed by atoms with van der Waals surface area (Å²) in [4.78, 5) is 8.92. The molecule has 140 valence electrons. The Bertz CT molecular complexity index is 698. The monoisotopic (exact) mass is 460 g/mol. The molecule has 0 unspecified atom stereocenters. The van der Waals surface area contributed by atoms with Gasteiger partial charge in [0.25, 0.3) is 0 Å². The van der Waals surface area contributed by atoms with E-state index in [1.807, 2.05) is 26.8 Å². The molecule has 0 atom stereocenters. The van der Waals surface area contributed by atoms with Gasteiger partial charge in [0.1, 0.15) is 17.3 Å². The Morgan fingerprint density at radius 2 is 1.92 bits per heavy atom. The molecule has 0 saturated carbocycles. The van der Waals surface area contributed by atoms with Crippen LogP contribution < -0.4 is 10.6 Å². The molecule has 0 spiro atoms. The van der Waals surface area contributed by atoms with Crippen LogP contribution in [0.4, 0.5) is 0 Å². The van der Waals surface area contributed by atoms with Gasteiger partial charge in [-0.2, -0.15) is 0 Å². The van der Waals surface area contributed by atoms with Crippen molar-refractivity contribution in [1.29, 1.82) is 0 Å². The van der Waals surface area contributed by atoms with Crippen LogP contribution in [-0.2, 0) is 18.5 Å². The molecule has 2 rings (SSSR count). The van der Waals surface area contributed by atoms with Crippen molar-refractivity contribution in [3.05, 3.63) is 41.0 Å². The Hall–Kier alpha value is -1.51. The van der Waals surface area contributed by atoms with E-state index in [9.17, 15) is 0 Å². The minimum absolute atomic E-state index is 0. The van der Waals surface area contributed by atoms with Crippen molar-refractivity contribution in [3.63, 3.8) is 0 Å². The first-order valence-electron chi connectivity index (χ1n) is 8.33. The SMILES string of the molecule is CCNC(=NCc1cc(C)oc1C)NCc1ncc(C(C)(C)C)o1.I. The maximum absolute atomic E-state index is 5.79. The highest BCUT2D eigenvalue weighted by Gasteiger charge is 2.19. The van der Waals surface area contributed by atoms with E-state index in [4.69, 9.17) is 8.83 Å². The first-order chi connectivity index (χ1) is 11.3. The van der Waals surface area contributed by atoms with Gasteiger partial charge in [0.2, 0.25) is 5.89 Å². The molecule has 0 bridgehead atoms. The number of aromatic nitrogens is 1. The molecule has 0 aliphatic heterocycles. The Morgan fingerprint density at radius 1 is 1.20 bits per heavy atom. The lowest BCUT2D eigenvalue weighted by Crippen LogP contribution is -2.36. The van der Waals surface area contributed by atoms with E-state index in [1.54, 1.807) is 6.20 Å². The molecule has 0 aliphatic rings. The summed E-state index contributed by atoms with van der Waals surface area (Å²) in [6.07, 6.45) is 1.79. The van der Waals surface area contributed by atoms with Crippen molar-refractivity contribution in [2.45, 2.75) is 60.0 Å². The number of hydrogen-bond acceptors (Lipinski definition) is 4. The lowest BCUT2D eigenvalue weighted by atomic mass is 9.94. The zero-order chi connectivity index (χ0) is 17.7. The summed E-state index contributed by atoms with van der Waals surface area (Å²) in [5.41, 5.74) is 1.05. The predicted molar refractivity (Wildman–Crippen MR) is 110 cm³/mol. The fourth-order valence-electron chi connectivity index (χ4n) is 2.24. The molecule has 0 fully saturated rings. The molecule has 6 nitrogen and oxygen atoms in total. The molecule has 0 radical (unpaired) electrons. The van der Waals surface area contributed by atoms with E-state index < -0.39 is 0 Å². The quantitative estimate of drug-likeness (QED) is 0.400. The van der Waals surface area contributed by atoms with E-state index in [0.29, 0.717) is 19.0 Å². The van der Waals surface area contributed by atoms with Crippen LogP contribution in [0.2, 0.25) is 0 Å². The third kappa shape index (κ3) is 6.37. The highest BCUT2D eigenvalue weighted by atomic mass is 127. The number of hydrogen-bond donors (Lipinski definition) is 2. The summed E-state index contributed by atoms with van der Waals surface area (Å²) in [5, 5.41) is 6.48.